The molecular weight excluding hydrogens is 357 g/mol. The molecule has 0 aliphatic rings. The summed E-state index contributed by atoms with van der Waals surface area (Å²) in [6, 6.07) is 17.6. The summed E-state index contributed by atoms with van der Waals surface area (Å²) in [6.45, 7) is 1.08. The third-order valence-electron chi connectivity index (χ3n) is 4.26. The maximum Gasteiger partial charge on any atom is 0.269 e. The van der Waals surface area contributed by atoms with Crippen LogP contribution in [0.2, 0.25) is 0 Å². The van der Waals surface area contributed by atoms with Gasteiger partial charge < -0.3 is 15.4 Å². The summed E-state index contributed by atoms with van der Waals surface area (Å²) >= 11 is 0. The molecule has 28 heavy (non-hydrogen) atoms. The molecule has 0 bridgehead atoms. The number of halogens is 1. The van der Waals surface area contributed by atoms with Crippen LogP contribution in [0.4, 0.5) is 10.1 Å². The molecule has 2 N–H and O–H groups in total. The standard InChI is InChI=1S/C22H22FN3O2/c1-28-20-8-4-17(5-9-20)15-26-19-11-13-24-21(14-19)22(27)25-12-10-16-2-6-18(23)7-3-16/h2-9,11,13-14H,10,12,15H2,1H3,(H,24,26)(H,25,27). The number of benzene rings is 2. The summed E-state index contributed by atoms with van der Waals surface area (Å²) < 4.78 is 18.1. The van der Waals surface area contributed by atoms with Crippen molar-refractivity contribution in [3.8, 4) is 5.75 Å². The van der Waals surface area contributed by atoms with E-state index in [-0.39, 0.29) is 11.7 Å². The van der Waals surface area contributed by atoms with Crippen molar-refractivity contribution in [3.05, 3.63) is 89.5 Å². The monoisotopic (exact) mass is 379 g/mol. The predicted molar refractivity (Wildman–Crippen MR) is 107 cm³/mol. The normalized spacial score (nSPS) is 10.4. The lowest BCUT2D eigenvalue weighted by Gasteiger charge is -2.09. The van der Waals surface area contributed by atoms with E-state index in [1.807, 2.05) is 30.3 Å². The van der Waals surface area contributed by atoms with Gasteiger partial charge in [-0.15, -0.1) is 0 Å². The summed E-state index contributed by atoms with van der Waals surface area (Å²) in [6.07, 6.45) is 2.23. The van der Waals surface area contributed by atoms with Gasteiger partial charge in [0.1, 0.15) is 17.3 Å². The molecule has 0 atom stereocenters. The van der Waals surface area contributed by atoms with Crippen molar-refractivity contribution >= 4 is 11.6 Å². The van der Waals surface area contributed by atoms with Gasteiger partial charge in [0.15, 0.2) is 0 Å². The van der Waals surface area contributed by atoms with Crippen LogP contribution in [0.3, 0.4) is 0 Å². The smallest absolute Gasteiger partial charge is 0.269 e. The fourth-order valence-electron chi connectivity index (χ4n) is 2.67. The van der Waals surface area contributed by atoms with Crippen LogP contribution in [-0.4, -0.2) is 24.5 Å². The first-order valence-corrected chi connectivity index (χ1v) is 8.99. The second-order valence-corrected chi connectivity index (χ2v) is 6.26. The first-order chi connectivity index (χ1) is 13.6. The Bertz CT molecular complexity index is 912. The molecule has 3 rings (SSSR count). The van der Waals surface area contributed by atoms with E-state index in [1.165, 1.54) is 12.1 Å². The van der Waals surface area contributed by atoms with Gasteiger partial charge in [0.05, 0.1) is 7.11 Å². The van der Waals surface area contributed by atoms with Gasteiger partial charge in [0, 0.05) is 25.0 Å². The molecular formula is C22H22FN3O2. The Kier molecular flexibility index (Phi) is 6.57. The van der Waals surface area contributed by atoms with E-state index < -0.39 is 0 Å². The van der Waals surface area contributed by atoms with Crippen molar-refractivity contribution in [2.24, 2.45) is 0 Å². The number of aromatic nitrogens is 1. The largest absolute Gasteiger partial charge is 0.497 e. The molecule has 5 nitrogen and oxygen atoms in total. The number of carbonyl (C=O) groups is 1. The molecule has 0 aliphatic heterocycles. The highest BCUT2D eigenvalue weighted by Gasteiger charge is 2.08. The maximum absolute atomic E-state index is 12.9. The first kappa shape index (κ1) is 19.4. The second kappa shape index (κ2) is 9.50. The van der Waals surface area contributed by atoms with E-state index in [4.69, 9.17) is 4.74 Å². The third kappa shape index (κ3) is 5.54. The van der Waals surface area contributed by atoms with Crippen molar-refractivity contribution in [2.45, 2.75) is 13.0 Å². The number of amides is 1. The highest BCUT2D eigenvalue weighted by atomic mass is 19.1. The topological polar surface area (TPSA) is 63.2 Å². The predicted octanol–water partition coefficient (Wildman–Crippen LogP) is 3.81. The third-order valence-corrected chi connectivity index (χ3v) is 4.26. The first-order valence-electron chi connectivity index (χ1n) is 8.99. The summed E-state index contributed by atoms with van der Waals surface area (Å²) in [5.74, 6) is 0.304. The lowest BCUT2D eigenvalue weighted by molar-refractivity contribution is 0.0949. The zero-order valence-electron chi connectivity index (χ0n) is 15.6. The van der Waals surface area contributed by atoms with E-state index in [9.17, 15) is 9.18 Å². The molecule has 0 unspecified atom stereocenters. The van der Waals surface area contributed by atoms with Crippen LogP contribution >= 0.6 is 0 Å². The Morgan fingerprint density at radius 2 is 1.75 bits per heavy atom. The van der Waals surface area contributed by atoms with Gasteiger partial charge in [-0.3, -0.25) is 9.78 Å². The molecule has 0 radical (unpaired) electrons. The van der Waals surface area contributed by atoms with E-state index in [0.29, 0.717) is 25.2 Å². The Morgan fingerprint density at radius 3 is 2.46 bits per heavy atom. The molecule has 2 aromatic carbocycles. The van der Waals surface area contributed by atoms with Crippen LogP contribution < -0.4 is 15.4 Å². The molecule has 0 aliphatic carbocycles. The van der Waals surface area contributed by atoms with E-state index in [2.05, 4.69) is 15.6 Å². The Hall–Kier alpha value is -3.41. The summed E-state index contributed by atoms with van der Waals surface area (Å²) in [4.78, 5) is 16.4. The molecule has 3 aromatic rings. The van der Waals surface area contributed by atoms with Gasteiger partial charge in [-0.25, -0.2) is 4.39 Å². The molecule has 1 aromatic heterocycles. The van der Waals surface area contributed by atoms with Crippen molar-refractivity contribution in [1.29, 1.82) is 0 Å². The number of nitrogens with zero attached hydrogens (tertiary/aromatic N) is 1. The van der Waals surface area contributed by atoms with Crippen LogP contribution in [0.1, 0.15) is 21.6 Å². The SMILES string of the molecule is COc1ccc(CNc2ccnc(C(=O)NCCc3ccc(F)cc3)c2)cc1. The summed E-state index contributed by atoms with van der Waals surface area (Å²) in [7, 11) is 1.64. The Labute approximate surface area is 163 Å². The minimum atomic E-state index is -0.268. The number of rotatable bonds is 8. The highest BCUT2D eigenvalue weighted by molar-refractivity contribution is 5.93. The van der Waals surface area contributed by atoms with Crippen LogP contribution in [-0.2, 0) is 13.0 Å². The lowest BCUT2D eigenvalue weighted by Crippen LogP contribution is -2.26. The summed E-state index contributed by atoms with van der Waals surface area (Å²) in [5, 5.41) is 6.12. The second-order valence-electron chi connectivity index (χ2n) is 6.26. The minimum absolute atomic E-state index is 0.241. The van der Waals surface area contributed by atoms with Gasteiger partial charge in [-0.05, 0) is 53.9 Å². The minimum Gasteiger partial charge on any atom is -0.497 e. The number of hydrogen-bond acceptors (Lipinski definition) is 4. The van der Waals surface area contributed by atoms with Crippen LogP contribution in [0, 0.1) is 5.82 Å². The molecule has 0 spiro atoms. The molecule has 0 saturated heterocycles. The number of pyridine rings is 1. The van der Waals surface area contributed by atoms with Crippen molar-refractivity contribution in [3.63, 3.8) is 0 Å². The zero-order valence-corrected chi connectivity index (χ0v) is 15.6. The lowest BCUT2D eigenvalue weighted by atomic mass is 10.1. The van der Waals surface area contributed by atoms with Gasteiger partial charge in [-0.1, -0.05) is 24.3 Å². The van der Waals surface area contributed by atoms with Crippen molar-refractivity contribution in [1.82, 2.24) is 10.3 Å². The average molecular weight is 379 g/mol. The van der Waals surface area contributed by atoms with Crippen LogP contribution in [0.15, 0.2) is 66.9 Å². The van der Waals surface area contributed by atoms with E-state index in [1.54, 1.807) is 31.5 Å². The van der Waals surface area contributed by atoms with Gasteiger partial charge in [-0.2, -0.15) is 0 Å². The fourth-order valence-corrected chi connectivity index (χ4v) is 2.67. The van der Waals surface area contributed by atoms with Crippen LogP contribution in [0.25, 0.3) is 0 Å². The number of anilines is 1. The molecule has 0 fully saturated rings. The van der Waals surface area contributed by atoms with Gasteiger partial charge >= 0.3 is 0 Å². The molecule has 1 amide bonds. The quantitative estimate of drug-likeness (QED) is 0.625. The van der Waals surface area contributed by atoms with Gasteiger partial charge in [0.25, 0.3) is 5.91 Å². The van der Waals surface area contributed by atoms with Gasteiger partial charge in [0.2, 0.25) is 0 Å². The molecule has 144 valence electrons. The number of carbonyl (C=O) groups excluding carboxylic acids is 1. The molecule has 6 heteroatoms. The average Bonchev–Trinajstić information content (AvgIpc) is 2.74. The van der Waals surface area contributed by atoms with E-state index >= 15 is 0 Å². The Balaban J connectivity index is 1.51. The van der Waals surface area contributed by atoms with Crippen LogP contribution in [0.5, 0.6) is 5.75 Å². The Morgan fingerprint density at radius 1 is 1.04 bits per heavy atom. The number of nitrogens with one attached hydrogen (secondary N) is 2. The van der Waals surface area contributed by atoms with E-state index in [0.717, 1.165) is 22.6 Å². The molecule has 0 saturated carbocycles. The fraction of sp³-hybridized carbons (Fsp3) is 0.182. The summed E-state index contributed by atoms with van der Waals surface area (Å²) in [5.41, 5.74) is 3.22. The number of ether oxygens (including phenoxy) is 1. The maximum atomic E-state index is 12.9. The molecule has 1 heterocycles. The number of hydrogen-bond donors (Lipinski definition) is 2. The van der Waals surface area contributed by atoms with Crippen molar-refractivity contribution < 1.29 is 13.9 Å². The van der Waals surface area contributed by atoms with Crippen molar-refractivity contribution in [2.75, 3.05) is 19.0 Å². The highest BCUT2D eigenvalue weighted by Crippen LogP contribution is 2.14. The zero-order chi connectivity index (χ0) is 19.8. The number of methoxy groups -OCH3 is 1.